The highest BCUT2D eigenvalue weighted by Gasteiger charge is 2.21. The summed E-state index contributed by atoms with van der Waals surface area (Å²) in [4.78, 5) is 13.1. The minimum atomic E-state index is -0.474. The zero-order valence-electron chi connectivity index (χ0n) is 9.39. The average molecular weight is 239 g/mol. The Morgan fingerprint density at radius 2 is 1.88 bits per heavy atom. The molecule has 16 heavy (non-hydrogen) atoms. The van der Waals surface area contributed by atoms with Crippen LogP contribution in [0.25, 0.3) is 0 Å². The molecular weight excluding hydrogens is 222 g/mol. The second kappa shape index (κ2) is 5.07. The molecule has 1 fully saturated rings. The van der Waals surface area contributed by atoms with Crippen molar-refractivity contribution in [2.24, 2.45) is 11.5 Å². The number of hydrogen-bond acceptors (Lipinski definition) is 6. The number of rotatable bonds is 3. The molecule has 0 bridgehead atoms. The minimum Gasteiger partial charge on any atom is -0.307 e. The van der Waals surface area contributed by atoms with Gasteiger partial charge in [-0.1, -0.05) is 24.6 Å². The van der Waals surface area contributed by atoms with Crippen LogP contribution in [0.3, 0.4) is 0 Å². The van der Waals surface area contributed by atoms with E-state index in [0.29, 0.717) is 11.1 Å². The fourth-order valence-electron chi connectivity index (χ4n) is 2.02. The van der Waals surface area contributed by atoms with E-state index in [0.717, 1.165) is 11.6 Å². The highest BCUT2D eigenvalue weighted by atomic mass is 32.2. The van der Waals surface area contributed by atoms with Gasteiger partial charge in [0.2, 0.25) is 0 Å². The lowest BCUT2D eigenvalue weighted by Crippen LogP contribution is -2.26. The molecule has 0 unspecified atom stereocenters. The summed E-state index contributed by atoms with van der Waals surface area (Å²) in [6.07, 6.45) is 4.91. The summed E-state index contributed by atoms with van der Waals surface area (Å²) in [5.74, 6) is 2.16. The first-order valence-corrected chi connectivity index (χ1v) is 6.43. The Kier molecular flexibility index (Phi) is 3.73. The van der Waals surface area contributed by atoms with Gasteiger partial charge in [0.1, 0.15) is 17.1 Å². The largest absolute Gasteiger partial charge is 0.307 e. The number of aryl methyl sites for hydroxylation is 1. The summed E-state index contributed by atoms with van der Waals surface area (Å²) in [5, 5.41) is 0.643. The third-order valence-electron chi connectivity index (χ3n) is 2.71. The van der Waals surface area contributed by atoms with Gasteiger partial charge in [-0.25, -0.2) is 15.0 Å². The van der Waals surface area contributed by atoms with Crippen LogP contribution in [0.1, 0.15) is 43.3 Å². The van der Waals surface area contributed by atoms with Crippen LogP contribution in [0.15, 0.2) is 5.16 Å². The van der Waals surface area contributed by atoms with Crippen LogP contribution in [-0.4, -0.2) is 20.4 Å². The Morgan fingerprint density at radius 3 is 2.50 bits per heavy atom. The summed E-state index contributed by atoms with van der Waals surface area (Å²) < 4.78 is 0. The van der Waals surface area contributed by atoms with Crippen molar-refractivity contribution in [3.8, 4) is 0 Å². The molecule has 1 heterocycles. The second-order valence-corrected chi connectivity index (χ2v) is 5.23. The monoisotopic (exact) mass is 239 g/mol. The van der Waals surface area contributed by atoms with E-state index in [1.165, 1.54) is 37.4 Å². The third-order valence-corrected chi connectivity index (χ3v) is 3.37. The molecule has 2 rings (SSSR count). The van der Waals surface area contributed by atoms with Gasteiger partial charge in [0.05, 0.1) is 0 Å². The topological polar surface area (TPSA) is 90.7 Å². The summed E-state index contributed by atoms with van der Waals surface area (Å²) in [5.41, 5.74) is 10.6. The Bertz CT molecular complexity index is 362. The molecule has 0 spiro atoms. The molecule has 1 aliphatic rings. The second-order valence-electron chi connectivity index (χ2n) is 4.09. The first-order valence-electron chi connectivity index (χ1n) is 5.55. The summed E-state index contributed by atoms with van der Waals surface area (Å²) in [6, 6.07) is 0. The van der Waals surface area contributed by atoms with Crippen LogP contribution in [0.4, 0.5) is 0 Å². The van der Waals surface area contributed by atoms with Gasteiger partial charge in [-0.2, -0.15) is 0 Å². The molecule has 0 radical (unpaired) electrons. The Labute approximate surface area is 99.4 Å². The van der Waals surface area contributed by atoms with Gasteiger partial charge in [0.25, 0.3) is 0 Å². The van der Waals surface area contributed by atoms with Crippen molar-refractivity contribution >= 4 is 11.8 Å². The normalized spacial score (nSPS) is 17.2. The first kappa shape index (κ1) is 11.8. The number of nitrogens with zero attached hydrogens (tertiary/aromatic N) is 3. The molecule has 0 atom stereocenters. The van der Waals surface area contributed by atoms with E-state index < -0.39 is 5.50 Å². The smallest absolute Gasteiger partial charge is 0.193 e. The van der Waals surface area contributed by atoms with Crippen molar-refractivity contribution in [2.75, 3.05) is 0 Å². The van der Waals surface area contributed by atoms with Crippen molar-refractivity contribution in [2.45, 2.75) is 49.2 Å². The minimum absolute atomic E-state index is 0.474. The highest BCUT2D eigenvalue weighted by molar-refractivity contribution is 7.99. The Morgan fingerprint density at radius 1 is 1.19 bits per heavy atom. The van der Waals surface area contributed by atoms with Gasteiger partial charge >= 0.3 is 0 Å². The predicted molar refractivity (Wildman–Crippen MR) is 63.8 cm³/mol. The quantitative estimate of drug-likeness (QED) is 0.607. The van der Waals surface area contributed by atoms with E-state index in [-0.39, 0.29) is 0 Å². The third kappa shape index (κ3) is 2.90. The fourth-order valence-corrected chi connectivity index (χ4v) is 2.59. The maximum atomic E-state index is 5.52. The lowest BCUT2D eigenvalue weighted by molar-refractivity contribution is 0.634. The molecule has 0 saturated heterocycles. The van der Waals surface area contributed by atoms with E-state index in [2.05, 4.69) is 15.0 Å². The number of aromatic nitrogens is 3. The van der Waals surface area contributed by atoms with E-state index in [1.807, 2.05) is 6.92 Å². The van der Waals surface area contributed by atoms with Crippen LogP contribution >= 0.6 is 11.8 Å². The highest BCUT2D eigenvalue weighted by Crippen LogP contribution is 2.32. The first-order chi connectivity index (χ1) is 7.65. The zero-order chi connectivity index (χ0) is 11.5. The van der Waals surface area contributed by atoms with E-state index in [9.17, 15) is 0 Å². The van der Waals surface area contributed by atoms with Gasteiger partial charge in [-0.3, -0.25) is 0 Å². The van der Waals surface area contributed by atoms with Crippen molar-refractivity contribution in [1.82, 2.24) is 15.0 Å². The molecule has 88 valence electrons. The molecule has 1 aromatic rings. The predicted octanol–water partition coefficient (Wildman–Crippen LogP) is 1.13. The summed E-state index contributed by atoms with van der Waals surface area (Å²) in [7, 11) is 0. The molecular formula is C10H17N5S. The Hall–Kier alpha value is -0.720. The lowest BCUT2D eigenvalue weighted by atomic mass is 10.1. The molecule has 0 aromatic carbocycles. The SMILES string of the molecule is Cc1nc(SC(N)N)nc(C2CCCC2)n1. The van der Waals surface area contributed by atoms with Crippen LogP contribution in [-0.2, 0) is 0 Å². The number of thioether (sulfide) groups is 1. The van der Waals surface area contributed by atoms with E-state index >= 15 is 0 Å². The van der Waals surface area contributed by atoms with Gasteiger partial charge in [0.15, 0.2) is 5.16 Å². The lowest BCUT2D eigenvalue weighted by Gasteiger charge is -2.10. The molecule has 5 nitrogen and oxygen atoms in total. The van der Waals surface area contributed by atoms with Crippen LogP contribution < -0.4 is 11.5 Å². The number of hydrogen-bond donors (Lipinski definition) is 2. The van der Waals surface area contributed by atoms with Gasteiger partial charge in [-0.05, 0) is 19.8 Å². The molecule has 1 saturated carbocycles. The van der Waals surface area contributed by atoms with Gasteiger partial charge < -0.3 is 11.5 Å². The zero-order valence-corrected chi connectivity index (χ0v) is 10.2. The van der Waals surface area contributed by atoms with E-state index in [1.54, 1.807) is 0 Å². The maximum Gasteiger partial charge on any atom is 0.193 e. The van der Waals surface area contributed by atoms with Gasteiger partial charge in [0, 0.05) is 5.92 Å². The Balaban J connectivity index is 2.20. The fraction of sp³-hybridized carbons (Fsp3) is 0.700. The van der Waals surface area contributed by atoms with Crippen LogP contribution in [0.5, 0.6) is 0 Å². The molecule has 0 aliphatic heterocycles. The molecule has 0 amide bonds. The number of nitrogens with two attached hydrogens (primary N) is 2. The van der Waals surface area contributed by atoms with Crippen molar-refractivity contribution in [3.63, 3.8) is 0 Å². The average Bonchev–Trinajstić information content (AvgIpc) is 2.67. The van der Waals surface area contributed by atoms with Gasteiger partial charge in [-0.15, -0.1) is 0 Å². The summed E-state index contributed by atoms with van der Waals surface area (Å²) in [6.45, 7) is 1.88. The maximum absolute atomic E-state index is 5.52. The van der Waals surface area contributed by atoms with E-state index in [4.69, 9.17) is 11.5 Å². The molecule has 6 heteroatoms. The summed E-state index contributed by atoms with van der Waals surface area (Å²) >= 11 is 1.28. The van der Waals surface area contributed by atoms with Crippen LogP contribution in [0.2, 0.25) is 0 Å². The van der Waals surface area contributed by atoms with Crippen LogP contribution in [0, 0.1) is 6.92 Å². The van der Waals surface area contributed by atoms with Crippen molar-refractivity contribution < 1.29 is 0 Å². The standard InChI is InChI=1S/C10H17N5S/c1-6-13-8(7-4-2-3-5-7)15-10(14-6)16-9(11)12/h7,9H,2-5,11-12H2,1H3. The van der Waals surface area contributed by atoms with Crippen molar-refractivity contribution in [1.29, 1.82) is 0 Å². The molecule has 1 aromatic heterocycles. The molecule has 4 N–H and O–H groups in total. The van der Waals surface area contributed by atoms with Crippen molar-refractivity contribution in [3.05, 3.63) is 11.6 Å². The molecule has 1 aliphatic carbocycles.